The molecule has 0 saturated carbocycles. The number of aliphatic hydroxyl groups excluding tert-OH is 2. The number of allylic oxidation sites excluding steroid dienone is 2. The maximum atomic E-state index is 14.0. The molecule has 396 valence electrons. The van der Waals surface area contributed by atoms with Gasteiger partial charge in [0, 0.05) is 44.4 Å². The normalized spacial score (nSPS) is 18.1. The molecule has 0 aliphatic carbocycles. The van der Waals surface area contributed by atoms with Crippen LogP contribution < -0.4 is 31.9 Å². The van der Waals surface area contributed by atoms with Gasteiger partial charge in [-0.15, -0.1) is 68.0 Å². The summed E-state index contributed by atoms with van der Waals surface area (Å²) in [5.74, 6) is -3.83. The molecule has 8 N–H and O–H groups in total. The van der Waals surface area contributed by atoms with Crippen LogP contribution in [0.25, 0.3) is 49.1 Å². The quantitative estimate of drug-likeness (QED) is 0.0650. The van der Waals surface area contributed by atoms with Gasteiger partial charge in [-0.1, -0.05) is 39.8 Å². The minimum atomic E-state index is -1.43. The van der Waals surface area contributed by atoms with Gasteiger partial charge in [-0.3, -0.25) is 28.8 Å². The Morgan fingerprint density at radius 1 is 0.605 bits per heavy atom. The van der Waals surface area contributed by atoms with E-state index in [4.69, 9.17) is 15.0 Å². The van der Waals surface area contributed by atoms with Crippen molar-refractivity contribution in [3.05, 3.63) is 100 Å². The molecule has 8 heterocycles. The summed E-state index contributed by atoms with van der Waals surface area (Å²) in [5.41, 5.74) is 2.81. The highest BCUT2D eigenvalue weighted by Gasteiger charge is 2.32. The fourth-order valence-electron chi connectivity index (χ4n) is 7.33. The van der Waals surface area contributed by atoms with Gasteiger partial charge in [0.1, 0.15) is 81.6 Å². The molecule has 6 amide bonds. The van der Waals surface area contributed by atoms with Crippen molar-refractivity contribution in [2.45, 2.75) is 85.7 Å². The van der Waals surface area contributed by atoms with E-state index >= 15 is 0 Å². The second kappa shape index (κ2) is 24.0. The first-order valence-electron chi connectivity index (χ1n) is 23.6. The van der Waals surface area contributed by atoms with Crippen LogP contribution in [0.4, 0.5) is 0 Å². The van der Waals surface area contributed by atoms with Crippen molar-refractivity contribution in [2.75, 3.05) is 6.54 Å². The summed E-state index contributed by atoms with van der Waals surface area (Å²) >= 11 is 7.31. The number of hydrogen-bond donors (Lipinski definition) is 8. The zero-order valence-electron chi connectivity index (χ0n) is 41.9. The molecule has 7 aromatic heterocycles. The van der Waals surface area contributed by atoms with Crippen molar-refractivity contribution < 1.29 is 39.0 Å². The summed E-state index contributed by atoms with van der Waals surface area (Å²) in [6, 6.07) is 0.970. The lowest BCUT2D eigenvalue weighted by atomic mass is 10.0. The van der Waals surface area contributed by atoms with E-state index in [1.165, 1.54) is 70.7 Å². The monoisotopic (exact) mass is 1140 g/mol. The molecule has 1 aliphatic rings. The molecule has 27 heteroatoms. The van der Waals surface area contributed by atoms with E-state index in [1.807, 2.05) is 33.1 Å². The van der Waals surface area contributed by atoms with Gasteiger partial charge >= 0.3 is 0 Å². The van der Waals surface area contributed by atoms with E-state index in [2.05, 4.69) is 51.8 Å². The SMILES string of the molecule is C/C=C(\NC(=O)c1csc(-c2csc(-c3ccc4c(n3)-c3csc(n3)[C@H](C(C)C)NC(=O)c3csc(n3)[C@@H](C(C)C)NC(=O)c3csc(n3)/C(=C/C)NC(=O)[C@H]([C@@H](C)O)NC(=O)c3csc-4n3)n2)n1)C(=O)NC[C@H](C)O. The second-order valence-corrected chi connectivity index (χ2v) is 23.1. The molecule has 0 saturated heterocycles. The summed E-state index contributed by atoms with van der Waals surface area (Å²) in [5, 5.41) is 49.6. The molecule has 8 bridgehead atoms. The molecule has 5 atom stereocenters. The van der Waals surface area contributed by atoms with Crippen molar-refractivity contribution in [3.8, 4) is 43.4 Å². The molecule has 0 radical (unpaired) electrons. The summed E-state index contributed by atoms with van der Waals surface area (Å²) < 4.78 is 0. The van der Waals surface area contributed by atoms with Gasteiger partial charge in [-0.05, 0) is 51.7 Å². The molecule has 0 unspecified atom stereocenters. The Morgan fingerprint density at radius 3 is 1.72 bits per heavy atom. The van der Waals surface area contributed by atoms with Crippen LogP contribution in [-0.4, -0.2) is 105 Å². The smallest absolute Gasteiger partial charge is 0.275 e. The number of rotatable bonds is 10. The van der Waals surface area contributed by atoms with E-state index in [0.29, 0.717) is 58.4 Å². The Bertz CT molecular complexity index is 3380. The van der Waals surface area contributed by atoms with Gasteiger partial charge in [-0.2, -0.15) is 0 Å². The molecule has 0 spiro atoms. The molecule has 7 aromatic rings. The Hall–Kier alpha value is -6.85. The number of hydrogen-bond acceptors (Lipinski definition) is 21. The van der Waals surface area contributed by atoms with E-state index < -0.39 is 65.8 Å². The molecule has 0 fully saturated rings. The number of aliphatic hydroxyl groups is 2. The second-order valence-electron chi connectivity index (χ2n) is 17.9. The summed E-state index contributed by atoms with van der Waals surface area (Å²) in [4.78, 5) is 114. The Labute approximate surface area is 459 Å². The van der Waals surface area contributed by atoms with Crippen LogP contribution in [0.1, 0.15) is 124 Å². The van der Waals surface area contributed by atoms with Gasteiger partial charge in [-0.25, -0.2) is 34.9 Å². The Morgan fingerprint density at radius 2 is 1.12 bits per heavy atom. The molecule has 8 rings (SSSR count). The number of nitrogens with one attached hydrogen (secondary N) is 6. The lowest BCUT2D eigenvalue weighted by Gasteiger charge is -2.21. The average molecular weight is 1140 g/mol. The summed E-state index contributed by atoms with van der Waals surface area (Å²) in [6.07, 6.45) is 0.927. The van der Waals surface area contributed by atoms with E-state index in [-0.39, 0.29) is 52.6 Å². The highest BCUT2D eigenvalue weighted by atomic mass is 32.1. The first-order valence-corrected chi connectivity index (χ1v) is 28.9. The Kier molecular flexibility index (Phi) is 17.5. The van der Waals surface area contributed by atoms with Crippen molar-refractivity contribution in [2.24, 2.45) is 11.8 Å². The first-order chi connectivity index (χ1) is 36.3. The summed E-state index contributed by atoms with van der Waals surface area (Å²) in [7, 11) is 0. The third-order valence-electron chi connectivity index (χ3n) is 11.4. The van der Waals surface area contributed by atoms with Gasteiger partial charge in [0.15, 0.2) is 0 Å². The average Bonchev–Trinajstić information content (AvgIpc) is 4.26. The highest BCUT2D eigenvalue weighted by molar-refractivity contribution is 7.15. The molecular formula is C49H51N13O8S6. The van der Waals surface area contributed by atoms with Crippen molar-refractivity contribution >= 4 is 109 Å². The Balaban J connectivity index is 1.15. The number of fused-ring (bicyclic) bond motifs is 11. The fourth-order valence-corrected chi connectivity index (χ4v) is 12.6. The maximum Gasteiger partial charge on any atom is 0.275 e. The van der Waals surface area contributed by atoms with Gasteiger partial charge in [0.25, 0.3) is 29.5 Å². The number of aromatic nitrogens is 7. The van der Waals surface area contributed by atoms with Crippen LogP contribution in [0.2, 0.25) is 0 Å². The largest absolute Gasteiger partial charge is 0.392 e. The minimum Gasteiger partial charge on any atom is -0.392 e. The third-order valence-corrected chi connectivity index (χ3v) is 16.7. The number of thiazole rings is 6. The maximum absolute atomic E-state index is 14.0. The van der Waals surface area contributed by atoms with E-state index in [9.17, 15) is 39.0 Å². The molecular weight excluding hydrogens is 1090 g/mol. The predicted octanol–water partition coefficient (Wildman–Crippen LogP) is 6.84. The predicted molar refractivity (Wildman–Crippen MR) is 294 cm³/mol. The lowest BCUT2D eigenvalue weighted by molar-refractivity contribution is -0.124. The number of pyridine rings is 1. The van der Waals surface area contributed by atoms with Crippen LogP contribution in [0.3, 0.4) is 0 Å². The minimum absolute atomic E-state index is 0.00293. The van der Waals surface area contributed by atoms with E-state index in [0.717, 1.165) is 22.7 Å². The zero-order valence-corrected chi connectivity index (χ0v) is 46.8. The molecule has 76 heavy (non-hydrogen) atoms. The van der Waals surface area contributed by atoms with Gasteiger partial charge in [0.2, 0.25) is 5.91 Å². The zero-order chi connectivity index (χ0) is 54.5. The molecule has 0 aromatic carbocycles. The number of amides is 6. The summed E-state index contributed by atoms with van der Waals surface area (Å²) in [6.45, 7) is 13.9. The van der Waals surface area contributed by atoms with Crippen LogP contribution >= 0.6 is 68.0 Å². The molecule has 21 nitrogen and oxygen atoms in total. The van der Waals surface area contributed by atoms with Crippen molar-refractivity contribution in [1.29, 1.82) is 0 Å². The van der Waals surface area contributed by atoms with Crippen LogP contribution in [0, 0.1) is 11.8 Å². The van der Waals surface area contributed by atoms with Crippen LogP contribution in [-0.2, 0) is 9.59 Å². The van der Waals surface area contributed by atoms with E-state index in [1.54, 1.807) is 53.6 Å². The van der Waals surface area contributed by atoms with Crippen LogP contribution in [0.5, 0.6) is 0 Å². The van der Waals surface area contributed by atoms with Crippen molar-refractivity contribution in [1.82, 2.24) is 66.8 Å². The topological polar surface area (TPSA) is 305 Å². The molecule has 1 aliphatic heterocycles. The van der Waals surface area contributed by atoms with Crippen molar-refractivity contribution in [3.63, 3.8) is 0 Å². The third kappa shape index (κ3) is 12.5. The number of nitrogens with zero attached hydrogens (tertiary/aromatic N) is 7. The highest BCUT2D eigenvalue weighted by Crippen LogP contribution is 2.39. The van der Waals surface area contributed by atoms with Crippen LogP contribution in [0.15, 0.2) is 62.3 Å². The number of carbonyl (C=O) groups excluding carboxylic acids is 6. The first kappa shape index (κ1) is 55.4. The van der Waals surface area contributed by atoms with Gasteiger partial charge in [0.05, 0.1) is 35.7 Å². The number of carbonyl (C=O) groups is 6. The lowest BCUT2D eigenvalue weighted by Crippen LogP contribution is -2.52. The fraction of sp³-hybridized carbons (Fsp3) is 0.327. The standard InChI is InChI=1S/C49H51N13O8S6/c1-9-25(38(65)50-13-22(7)63)52-39(66)29-16-73-47(57-29)33-19-74-46(59-33)27-12-11-24-37(51-27)28-14-75-48(54-28)34(20(3)4)60-41(68)32-18-76-49(58-32)35(21(5)6)61-40(67)31-17-72-45(56-31)26(10-2)53-43(70)36(23(8)64)62-42(69)30-15-71-44(24)55-30/h9-12,14-23,34-36,63-64H,13H2,1-8H3,(H,50,65)(H,52,66)(H,53,70)(H,60,68)(H,61,67)(H,62,69)/b25-9-,26-10-/t22-,23+,34-,35+,36-/m0/s1. The van der Waals surface area contributed by atoms with Gasteiger partial charge < -0.3 is 42.1 Å².